The average Bonchev–Trinajstić information content (AvgIpc) is 2.33. The van der Waals surface area contributed by atoms with E-state index in [1.807, 2.05) is 36.4 Å². The van der Waals surface area contributed by atoms with E-state index >= 15 is 0 Å². The van der Waals surface area contributed by atoms with Crippen molar-refractivity contribution in [1.82, 2.24) is 10.6 Å². The molecule has 2 N–H and O–H groups in total. The molecule has 0 aromatic heterocycles. The van der Waals surface area contributed by atoms with Crippen molar-refractivity contribution in [3.05, 3.63) is 48.0 Å². The summed E-state index contributed by atoms with van der Waals surface area (Å²) in [6, 6.07) is 9.58. The van der Waals surface area contributed by atoms with Gasteiger partial charge in [0, 0.05) is 19.0 Å². The Morgan fingerprint density at radius 2 is 1.94 bits per heavy atom. The van der Waals surface area contributed by atoms with Crippen molar-refractivity contribution in [3.8, 4) is 0 Å². The fraction of sp³-hybridized carbons (Fsp3) is 0.250. The summed E-state index contributed by atoms with van der Waals surface area (Å²) < 4.78 is 0. The van der Waals surface area contributed by atoms with Gasteiger partial charge in [-0.2, -0.15) is 0 Å². The molecule has 0 fully saturated rings. The standard InChI is InChI=1S/C12H15ClN2O/c13-8-4-5-9-14-12(16)15-10-11-6-2-1-3-7-11/h1-7H,8-10H2,(H2,14,15,16)/b5-4+. The van der Waals surface area contributed by atoms with Gasteiger partial charge in [-0.15, -0.1) is 11.6 Å². The molecule has 0 spiro atoms. The van der Waals surface area contributed by atoms with Gasteiger partial charge in [-0.05, 0) is 5.56 Å². The molecule has 0 saturated heterocycles. The number of amides is 2. The van der Waals surface area contributed by atoms with Crippen LogP contribution in [-0.2, 0) is 6.54 Å². The highest BCUT2D eigenvalue weighted by Crippen LogP contribution is 1.96. The quantitative estimate of drug-likeness (QED) is 0.600. The Morgan fingerprint density at radius 3 is 2.62 bits per heavy atom. The maximum absolute atomic E-state index is 11.3. The molecule has 16 heavy (non-hydrogen) atoms. The Bertz CT molecular complexity index is 338. The minimum Gasteiger partial charge on any atom is -0.335 e. The predicted molar refractivity (Wildman–Crippen MR) is 66.5 cm³/mol. The van der Waals surface area contributed by atoms with E-state index in [-0.39, 0.29) is 6.03 Å². The van der Waals surface area contributed by atoms with Crippen molar-refractivity contribution in [2.75, 3.05) is 12.4 Å². The van der Waals surface area contributed by atoms with E-state index in [0.717, 1.165) is 5.56 Å². The van der Waals surface area contributed by atoms with Crippen LogP contribution in [0.5, 0.6) is 0 Å². The molecule has 0 heterocycles. The number of nitrogens with one attached hydrogen (secondary N) is 2. The summed E-state index contributed by atoms with van der Waals surface area (Å²) in [7, 11) is 0. The highest BCUT2D eigenvalue weighted by Gasteiger charge is 1.97. The van der Waals surface area contributed by atoms with Gasteiger partial charge in [0.1, 0.15) is 0 Å². The van der Waals surface area contributed by atoms with Crippen molar-refractivity contribution in [3.63, 3.8) is 0 Å². The van der Waals surface area contributed by atoms with E-state index < -0.39 is 0 Å². The van der Waals surface area contributed by atoms with Crippen molar-refractivity contribution >= 4 is 17.6 Å². The van der Waals surface area contributed by atoms with E-state index in [0.29, 0.717) is 19.0 Å². The third-order valence-corrected chi connectivity index (χ3v) is 2.11. The van der Waals surface area contributed by atoms with Crippen molar-refractivity contribution < 1.29 is 4.79 Å². The Kier molecular flexibility index (Phi) is 6.11. The molecule has 1 aromatic carbocycles. The normalized spacial score (nSPS) is 10.3. The summed E-state index contributed by atoms with van der Waals surface area (Å²) >= 11 is 5.44. The van der Waals surface area contributed by atoms with Crippen LogP contribution in [0.4, 0.5) is 4.79 Å². The summed E-state index contributed by atoms with van der Waals surface area (Å²) in [5, 5.41) is 5.45. The number of alkyl halides is 1. The summed E-state index contributed by atoms with van der Waals surface area (Å²) in [4.78, 5) is 11.3. The molecule has 4 heteroatoms. The number of allylic oxidation sites excluding steroid dienone is 1. The van der Waals surface area contributed by atoms with E-state index in [1.54, 1.807) is 6.08 Å². The first kappa shape index (κ1) is 12.6. The number of hydrogen-bond donors (Lipinski definition) is 2. The van der Waals surface area contributed by atoms with E-state index in [1.165, 1.54) is 0 Å². The van der Waals surface area contributed by atoms with Crippen LogP contribution in [0.25, 0.3) is 0 Å². The SMILES string of the molecule is O=C(NC/C=C/CCl)NCc1ccccc1. The minimum absolute atomic E-state index is 0.178. The third-order valence-electron chi connectivity index (χ3n) is 1.93. The van der Waals surface area contributed by atoms with Gasteiger partial charge in [0.2, 0.25) is 0 Å². The second-order valence-corrected chi connectivity index (χ2v) is 3.48. The zero-order valence-electron chi connectivity index (χ0n) is 8.95. The van der Waals surface area contributed by atoms with Crippen LogP contribution in [0.3, 0.4) is 0 Å². The summed E-state index contributed by atoms with van der Waals surface area (Å²) in [6.07, 6.45) is 3.61. The molecule has 0 unspecified atom stereocenters. The minimum atomic E-state index is -0.178. The second kappa shape index (κ2) is 7.77. The van der Waals surface area contributed by atoms with Gasteiger partial charge in [-0.1, -0.05) is 42.5 Å². The molecule has 0 aliphatic rings. The molecule has 0 aliphatic heterocycles. The van der Waals surface area contributed by atoms with Crippen LogP contribution in [0, 0.1) is 0 Å². The largest absolute Gasteiger partial charge is 0.335 e. The van der Waals surface area contributed by atoms with Gasteiger partial charge in [0.15, 0.2) is 0 Å². The molecule has 1 rings (SSSR count). The fourth-order valence-electron chi connectivity index (χ4n) is 1.14. The topological polar surface area (TPSA) is 41.1 Å². The Balaban J connectivity index is 2.18. The lowest BCUT2D eigenvalue weighted by atomic mass is 10.2. The van der Waals surface area contributed by atoms with Crippen molar-refractivity contribution in [2.45, 2.75) is 6.54 Å². The lowest BCUT2D eigenvalue weighted by Gasteiger charge is -2.05. The van der Waals surface area contributed by atoms with Gasteiger partial charge in [0.05, 0.1) is 0 Å². The molecule has 86 valence electrons. The smallest absolute Gasteiger partial charge is 0.315 e. The van der Waals surface area contributed by atoms with Gasteiger partial charge in [-0.25, -0.2) is 4.79 Å². The van der Waals surface area contributed by atoms with Crippen LogP contribution < -0.4 is 10.6 Å². The van der Waals surface area contributed by atoms with E-state index in [4.69, 9.17) is 11.6 Å². The molecular formula is C12H15ClN2O. The number of benzene rings is 1. The van der Waals surface area contributed by atoms with Crippen LogP contribution in [0.2, 0.25) is 0 Å². The first-order valence-electron chi connectivity index (χ1n) is 5.09. The first-order chi connectivity index (χ1) is 7.83. The Hall–Kier alpha value is -1.48. The summed E-state index contributed by atoms with van der Waals surface area (Å²) in [6.45, 7) is 1.03. The van der Waals surface area contributed by atoms with Gasteiger partial charge in [-0.3, -0.25) is 0 Å². The zero-order chi connectivity index (χ0) is 11.6. The Labute approximate surface area is 100 Å². The highest BCUT2D eigenvalue weighted by molar-refractivity contribution is 6.18. The van der Waals surface area contributed by atoms with Gasteiger partial charge in [0.25, 0.3) is 0 Å². The first-order valence-corrected chi connectivity index (χ1v) is 5.63. The molecule has 0 aliphatic carbocycles. The average molecular weight is 239 g/mol. The maximum Gasteiger partial charge on any atom is 0.315 e. The van der Waals surface area contributed by atoms with Crippen LogP contribution >= 0.6 is 11.6 Å². The fourth-order valence-corrected chi connectivity index (χ4v) is 1.26. The molecule has 3 nitrogen and oxygen atoms in total. The van der Waals surface area contributed by atoms with Crippen molar-refractivity contribution in [2.24, 2.45) is 0 Å². The summed E-state index contributed by atoms with van der Waals surface area (Å²) in [5.74, 6) is 0.466. The monoisotopic (exact) mass is 238 g/mol. The molecule has 0 bridgehead atoms. The van der Waals surface area contributed by atoms with Crippen LogP contribution in [0.1, 0.15) is 5.56 Å². The number of hydrogen-bond acceptors (Lipinski definition) is 1. The number of carbonyl (C=O) groups excluding carboxylic acids is 1. The lowest BCUT2D eigenvalue weighted by molar-refractivity contribution is 0.241. The molecule has 1 aromatic rings. The molecule has 0 saturated carbocycles. The Morgan fingerprint density at radius 1 is 1.19 bits per heavy atom. The van der Waals surface area contributed by atoms with Gasteiger partial charge >= 0.3 is 6.03 Å². The second-order valence-electron chi connectivity index (χ2n) is 3.17. The number of carbonyl (C=O) groups is 1. The third kappa shape index (κ3) is 5.41. The van der Waals surface area contributed by atoms with Crippen LogP contribution in [-0.4, -0.2) is 18.5 Å². The molecule has 0 atom stereocenters. The number of halogens is 1. The predicted octanol–water partition coefficient (Wildman–Crippen LogP) is 2.28. The molecule has 0 radical (unpaired) electrons. The molecular weight excluding hydrogens is 224 g/mol. The van der Waals surface area contributed by atoms with Crippen molar-refractivity contribution in [1.29, 1.82) is 0 Å². The number of rotatable bonds is 5. The zero-order valence-corrected chi connectivity index (χ0v) is 9.70. The van der Waals surface area contributed by atoms with E-state index in [9.17, 15) is 4.79 Å². The van der Waals surface area contributed by atoms with Gasteiger partial charge < -0.3 is 10.6 Å². The number of urea groups is 1. The molecule has 2 amide bonds. The maximum atomic E-state index is 11.3. The van der Waals surface area contributed by atoms with Crippen LogP contribution in [0.15, 0.2) is 42.5 Å². The lowest BCUT2D eigenvalue weighted by Crippen LogP contribution is -2.35. The van der Waals surface area contributed by atoms with E-state index in [2.05, 4.69) is 10.6 Å². The highest BCUT2D eigenvalue weighted by atomic mass is 35.5. The summed E-state index contributed by atoms with van der Waals surface area (Å²) in [5.41, 5.74) is 1.08.